The molecule has 2 heterocycles. The predicted octanol–water partition coefficient (Wildman–Crippen LogP) is 4.19. The van der Waals surface area contributed by atoms with Gasteiger partial charge in [0.2, 0.25) is 0 Å². The summed E-state index contributed by atoms with van der Waals surface area (Å²) in [5.41, 5.74) is 1.38. The summed E-state index contributed by atoms with van der Waals surface area (Å²) < 4.78 is 0. The SMILES string of the molecule is O=[N+]([O-])c1cc(O)c2c(c1)C1C=CCC1C(c1cccs1)N2. The van der Waals surface area contributed by atoms with Gasteiger partial charge in [0.25, 0.3) is 5.69 Å². The highest BCUT2D eigenvalue weighted by Gasteiger charge is 2.40. The average molecular weight is 314 g/mol. The van der Waals surface area contributed by atoms with Crippen LogP contribution in [-0.2, 0) is 0 Å². The van der Waals surface area contributed by atoms with Crippen LogP contribution in [0.2, 0.25) is 0 Å². The second-order valence-corrected chi connectivity index (χ2v) is 6.66. The molecule has 3 unspecified atom stereocenters. The largest absolute Gasteiger partial charge is 0.506 e. The molecule has 2 N–H and O–H groups in total. The molecule has 2 aromatic rings. The average Bonchev–Trinajstić information content (AvgIpc) is 3.18. The van der Waals surface area contributed by atoms with Gasteiger partial charge in [-0.2, -0.15) is 0 Å². The number of fused-ring (bicyclic) bond motifs is 3. The molecular formula is C16H14N2O3S. The van der Waals surface area contributed by atoms with Crippen LogP contribution in [0, 0.1) is 16.0 Å². The number of phenolic OH excluding ortho intramolecular Hbond substituents is 1. The molecule has 1 aliphatic heterocycles. The van der Waals surface area contributed by atoms with Gasteiger partial charge in [0.05, 0.1) is 22.7 Å². The zero-order chi connectivity index (χ0) is 15.3. The van der Waals surface area contributed by atoms with Crippen LogP contribution in [0.5, 0.6) is 5.75 Å². The van der Waals surface area contributed by atoms with E-state index in [0.29, 0.717) is 11.6 Å². The number of rotatable bonds is 2. The van der Waals surface area contributed by atoms with Crippen LogP contribution in [0.1, 0.15) is 28.8 Å². The fourth-order valence-electron chi connectivity index (χ4n) is 3.52. The van der Waals surface area contributed by atoms with Crippen molar-refractivity contribution in [1.82, 2.24) is 0 Å². The number of allylic oxidation sites excluding steroid dienone is 2. The van der Waals surface area contributed by atoms with Crippen LogP contribution >= 0.6 is 11.3 Å². The van der Waals surface area contributed by atoms with Crippen LogP contribution < -0.4 is 5.32 Å². The third-order valence-corrected chi connectivity index (χ3v) is 5.45. The van der Waals surface area contributed by atoms with Gasteiger partial charge in [-0.05, 0) is 29.3 Å². The molecule has 4 rings (SSSR count). The molecule has 0 radical (unpaired) electrons. The number of aromatic hydroxyl groups is 1. The van der Waals surface area contributed by atoms with E-state index < -0.39 is 4.92 Å². The fraction of sp³-hybridized carbons (Fsp3) is 0.250. The number of thiophene rings is 1. The first-order valence-corrected chi connectivity index (χ1v) is 8.01. The minimum Gasteiger partial charge on any atom is -0.506 e. The Kier molecular flexibility index (Phi) is 2.94. The van der Waals surface area contributed by atoms with Gasteiger partial charge in [-0.3, -0.25) is 10.1 Å². The lowest BCUT2D eigenvalue weighted by molar-refractivity contribution is -0.385. The normalized spacial score (nSPS) is 25.4. The van der Waals surface area contributed by atoms with Gasteiger partial charge in [-0.1, -0.05) is 18.2 Å². The van der Waals surface area contributed by atoms with Crippen LogP contribution in [0.3, 0.4) is 0 Å². The predicted molar refractivity (Wildman–Crippen MR) is 85.4 cm³/mol. The van der Waals surface area contributed by atoms with Crippen LogP contribution in [0.15, 0.2) is 41.8 Å². The summed E-state index contributed by atoms with van der Waals surface area (Å²) in [7, 11) is 0. The number of anilines is 1. The summed E-state index contributed by atoms with van der Waals surface area (Å²) in [5, 5.41) is 26.7. The summed E-state index contributed by atoms with van der Waals surface area (Å²) in [6.07, 6.45) is 5.17. The van der Waals surface area contributed by atoms with E-state index in [-0.39, 0.29) is 23.4 Å². The minimum atomic E-state index is -0.459. The van der Waals surface area contributed by atoms with Crippen molar-refractivity contribution < 1.29 is 10.0 Å². The van der Waals surface area contributed by atoms with Crippen molar-refractivity contribution in [2.75, 3.05) is 5.32 Å². The number of nitrogens with one attached hydrogen (secondary N) is 1. The molecule has 0 saturated carbocycles. The van der Waals surface area contributed by atoms with Crippen LogP contribution in [-0.4, -0.2) is 10.0 Å². The quantitative estimate of drug-likeness (QED) is 0.377. The molecule has 2 aliphatic rings. The third kappa shape index (κ3) is 1.91. The van der Waals surface area contributed by atoms with Gasteiger partial charge >= 0.3 is 0 Å². The summed E-state index contributed by atoms with van der Waals surface area (Å²) in [5.74, 6) is 0.381. The molecule has 1 aromatic carbocycles. The first kappa shape index (κ1) is 13.3. The van der Waals surface area contributed by atoms with E-state index in [2.05, 4.69) is 23.5 Å². The minimum absolute atomic E-state index is 0.0514. The van der Waals surface area contributed by atoms with Gasteiger partial charge in [-0.25, -0.2) is 0 Å². The van der Waals surface area contributed by atoms with Crippen molar-refractivity contribution in [2.24, 2.45) is 5.92 Å². The topological polar surface area (TPSA) is 75.4 Å². The lowest BCUT2D eigenvalue weighted by atomic mass is 9.78. The molecule has 0 spiro atoms. The Labute approximate surface area is 131 Å². The number of phenols is 1. The van der Waals surface area contributed by atoms with Gasteiger partial charge in [0.15, 0.2) is 0 Å². The zero-order valence-corrected chi connectivity index (χ0v) is 12.4. The van der Waals surface area contributed by atoms with E-state index in [0.717, 1.165) is 12.0 Å². The molecule has 0 bridgehead atoms. The Morgan fingerprint density at radius 3 is 3.00 bits per heavy atom. The maximum absolute atomic E-state index is 11.0. The summed E-state index contributed by atoms with van der Waals surface area (Å²) >= 11 is 1.69. The fourth-order valence-corrected chi connectivity index (χ4v) is 4.37. The van der Waals surface area contributed by atoms with Gasteiger partial charge in [0, 0.05) is 16.9 Å². The number of nitro benzene ring substituents is 1. The highest BCUT2D eigenvalue weighted by Crippen LogP contribution is 2.53. The highest BCUT2D eigenvalue weighted by atomic mass is 32.1. The molecule has 6 heteroatoms. The Morgan fingerprint density at radius 2 is 2.27 bits per heavy atom. The molecule has 0 fully saturated rings. The third-order valence-electron chi connectivity index (χ3n) is 4.49. The number of nitrogens with zero attached hydrogens (tertiary/aromatic N) is 1. The van der Waals surface area contributed by atoms with E-state index in [4.69, 9.17) is 0 Å². The second-order valence-electron chi connectivity index (χ2n) is 5.68. The Balaban J connectivity index is 1.85. The summed E-state index contributed by atoms with van der Waals surface area (Å²) in [4.78, 5) is 11.8. The molecule has 1 aromatic heterocycles. The van der Waals surface area contributed by atoms with Crippen molar-refractivity contribution in [3.63, 3.8) is 0 Å². The number of hydrogen-bond acceptors (Lipinski definition) is 5. The van der Waals surface area contributed by atoms with Crippen LogP contribution in [0.4, 0.5) is 11.4 Å². The van der Waals surface area contributed by atoms with Crippen molar-refractivity contribution >= 4 is 22.7 Å². The molecule has 0 amide bonds. The maximum atomic E-state index is 11.0. The number of non-ortho nitro benzene ring substituents is 1. The molecular weight excluding hydrogens is 300 g/mol. The van der Waals surface area contributed by atoms with Crippen molar-refractivity contribution in [1.29, 1.82) is 0 Å². The smallest absolute Gasteiger partial charge is 0.273 e. The molecule has 5 nitrogen and oxygen atoms in total. The van der Waals surface area contributed by atoms with E-state index >= 15 is 0 Å². The number of nitro groups is 1. The van der Waals surface area contributed by atoms with E-state index in [1.165, 1.54) is 10.9 Å². The highest BCUT2D eigenvalue weighted by molar-refractivity contribution is 7.10. The summed E-state index contributed by atoms with van der Waals surface area (Å²) in [6, 6.07) is 7.03. The van der Waals surface area contributed by atoms with Crippen LogP contribution in [0.25, 0.3) is 0 Å². The van der Waals surface area contributed by atoms with Gasteiger partial charge in [-0.15, -0.1) is 11.3 Å². The molecule has 0 saturated heterocycles. The molecule has 22 heavy (non-hydrogen) atoms. The maximum Gasteiger partial charge on any atom is 0.273 e. The molecule has 112 valence electrons. The number of benzene rings is 1. The van der Waals surface area contributed by atoms with E-state index in [1.807, 2.05) is 11.4 Å². The first-order valence-electron chi connectivity index (χ1n) is 7.13. The van der Waals surface area contributed by atoms with Crippen molar-refractivity contribution in [3.8, 4) is 5.75 Å². The number of hydrogen-bond donors (Lipinski definition) is 2. The summed E-state index contributed by atoms with van der Waals surface area (Å²) in [6.45, 7) is 0. The van der Waals surface area contributed by atoms with Gasteiger partial charge in [0.1, 0.15) is 5.75 Å². The van der Waals surface area contributed by atoms with E-state index in [9.17, 15) is 15.2 Å². The first-order chi connectivity index (χ1) is 10.6. The second kappa shape index (κ2) is 4.84. The monoisotopic (exact) mass is 314 g/mol. The standard InChI is InChI=1S/C16H14N2O3S/c19-13-8-9(18(20)21)7-12-10-3-1-4-11(10)16(17-15(12)13)14-5-2-6-22-14/h1-3,5-8,10-11,16-17,19H,4H2. The Morgan fingerprint density at radius 1 is 1.41 bits per heavy atom. The lowest BCUT2D eigenvalue weighted by Gasteiger charge is -2.36. The lowest BCUT2D eigenvalue weighted by Crippen LogP contribution is -2.28. The molecule has 3 atom stereocenters. The zero-order valence-electron chi connectivity index (χ0n) is 11.6. The van der Waals surface area contributed by atoms with E-state index in [1.54, 1.807) is 17.4 Å². The Bertz CT molecular complexity index is 770. The van der Waals surface area contributed by atoms with Crippen molar-refractivity contribution in [3.05, 3.63) is 62.4 Å². The van der Waals surface area contributed by atoms with Crippen molar-refractivity contribution in [2.45, 2.75) is 18.4 Å². The Hall–Kier alpha value is -2.34. The van der Waals surface area contributed by atoms with Gasteiger partial charge < -0.3 is 10.4 Å². The molecule has 1 aliphatic carbocycles.